The molecule has 1 atom stereocenters. The van der Waals surface area contributed by atoms with E-state index in [4.69, 9.17) is 4.98 Å². The summed E-state index contributed by atoms with van der Waals surface area (Å²) in [5.74, 6) is 0.0609. The molecule has 0 unspecified atom stereocenters. The molecule has 0 radical (unpaired) electrons. The first-order chi connectivity index (χ1) is 15.7. The lowest BCUT2D eigenvalue weighted by molar-refractivity contribution is -0.134. The van der Waals surface area contributed by atoms with Crippen LogP contribution in [0, 0.1) is 6.92 Å². The van der Waals surface area contributed by atoms with Gasteiger partial charge in [-0.25, -0.2) is 4.98 Å². The molecule has 0 aliphatic carbocycles. The molecule has 32 heavy (non-hydrogen) atoms. The van der Waals surface area contributed by atoms with E-state index >= 15 is 0 Å². The van der Waals surface area contributed by atoms with Crippen molar-refractivity contribution in [3.05, 3.63) is 95.7 Å². The summed E-state index contributed by atoms with van der Waals surface area (Å²) in [6, 6.07) is 22.0. The van der Waals surface area contributed by atoms with Crippen LogP contribution in [0.15, 0.2) is 73.1 Å². The normalized spacial score (nSPS) is 15.9. The largest absolute Gasteiger partial charge is 0.356 e. The lowest BCUT2D eigenvalue weighted by Gasteiger charge is -2.36. The Morgan fingerprint density at radius 2 is 1.91 bits per heavy atom. The molecule has 6 heteroatoms. The van der Waals surface area contributed by atoms with Crippen LogP contribution in [-0.4, -0.2) is 36.9 Å². The standard InChI is InChI=1S/C26H23N5O/c1-17-7-6-11-22(28-17)26-25-19(18-8-2-3-9-20(18)29-25)13-14-31(26)24(32)15-30-16-27-21-10-4-5-12-23(21)30/h2-12,16,26,29H,13-15H2,1H3/t26-/m0/s1. The first kappa shape index (κ1) is 18.8. The van der Waals surface area contributed by atoms with Crippen LogP contribution in [0.3, 0.4) is 0 Å². The average Bonchev–Trinajstić information content (AvgIpc) is 3.40. The molecule has 1 N–H and O–H groups in total. The van der Waals surface area contributed by atoms with E-state index in [0.29, 0.717) is 6.54 Å². The highest BCUT2D eigenvalue weighted by Crippen LogP contribution is 2.38. The summed E-state index contributed by atoms with van der Waals surface area (Å²) in [5.41, 5.74) is 7.15. The van der Waals surface area contributed by atoms with E-state index < -0.39 is 0 Å². The number of imidazole rings is 1. The van der Waals surface area contributed by atoms with Gasteiger partial charge >= 0.3 is 0 Å². The number of para-hydroxylation sites is 3. The number of carbonyl (C=O) groups is 1. The Balaban J connectivity index is 1.43. The Morgan fingerprint density at radius 3 is 2.81 bits per heavy atom. The van der Waals surface area contributed by atoms with Gasteiger partial charge in [-0.2, -0.15) is 0 Å². The van der Waals surface area contributed by atoms with Gasteiger partial charge in [-0.1, -0.05) is 36.4 Å². The minimum absolute atomic E-state index is 0.0609. The van der Waals surface area contributed by atoms with Crippen LogP contribution in [0.5, 0.6) is 0 Å². The van der Waals surface area contributed by atoms with Crippen molar-refractivity contribution in [2.24, 2.45) is 0 Å². The molecule has 0 saturated heterocycles. The van der Waals surface area contributed by atoms with Crippen LogP contribution in [0.2, 0.25) is 0 Å². The smallest absolute Gasteiger partial charge is 0.243 e. The number of hydrogen-bond acceptors (Lipinski definition) is 3. The third-order valence-corrected chi connectivity index (χ3v) is 6.38. The number of carbonyl (C=O) groups excluding carboxylic acids is 1. The Kier molecular flexibility index (Phi) is 4.31. The molecule has 0 bridgehead atoms. The van der Waals surface area contributed by atoms with Gasteiger partial charge in [-0.05, 0) is 49.2 Å². The summed E-state index contributed by atoms with van der Waals surface area (Å²) in [4.78, 5) is 28.5. The molecular formula is C26H23N5O. The number of nitrogens with one attached hydrogen (secondary N) is 1. The number of aryl methyl sites for hydroxylation is 1. The Hall–Kier alpha value is -3.93. The van der Waals surface area contributed by atoms with Crippen molar-refractivity contribution >= 4 is 27.8 Å². The summed E-state index contributed by atoms with van der Waals surface area (Å²) in [7, 11) is 0. The van der Waals surface area contributed by atoms with Gasteiger partial charge in [0.05, 0.1) is 23.1 Å². The summed E-state index contributed by atoms with van der Waals surface area (Å²) >= 11 is 0. The summed E-state index contributed by atoms with van der Waals surface area (Å²) < 4.78 is 1.93. The van der Waals surface area contributed by atoms with E-state index in [1.165, 1.54) is 10.9 Å². The van der Waals surface area contributed by atoms with Crippen LogP contribution in [-0.2, 0) is 17.8 Å². The molecule has 1 aliphatic heterocycles. The molecule has 3 aromatic heterocycles. The number of pyridine rings is 1. The van der Waals surface area contributed by atoms with Gasteiger partial charge in [0.25, 0.3) is 0 Å². The average molecular weight is 422 g/mol. The first-order valence-electron chi connectivity index (χ1n) is 10.9. The molecule has 6 rings (SSSR count). The third kappa shape index (κ3) is 2.99. The number of aromatic nitrogens is 4. The molecule has 0 fully saturated rings. The fourth-order valence-electron chi connectivity index (χ4n) is 4.91. The van der Waals surface area contributed by atoms with Crippen molar-refractivity contribution in [1.82, 2.24) is 24.4 Å². The van der Waals surface area contributed by atoms with Gasteiger partial charge in [0.1, 0.15) is 12.6 Å². The molecule has 6 nitrogen and oxygen atoms in total. The fraction of sp³-hybridized carbons (Fsp3) is 0.192. The van der Waals surface area contributed by atoms with Crippen molar-refractivity contribution < 1.29 is 4.79 Å². The Morgan fingerprint density at radius 1 is 1.06 bits per heavy atom. The lowest BCUT2D eigenvalue weighted by Crippen LogP contribution is -2.42. The van der Waals surface area contributed by atoms with Gasteiger partial charge < -0.3 is 14.5 Å². The zero-order valence-electron chi connectivity index (χ0n) is 17.8. The maximum Gasteiger partial charge on any atom is 0.243 e. The van der Waals surface area contributed by atoms with E-state index in [1.807, 2.05) is 64.9 Å². The van der Waals surface area contributed by atoms with Crippen molar-refractivity contribution in [2.45, 2.75) is 25.9 Å². The van der Waals surface area contributed by atoms with Crippen LogP contribution < -0.4 is 0 Å². The van der Waals surface area contributed by atoms with E-state index in [0.717, 1.165) is 40.1 Å². The molecule has 1 aliphatic rings. The van der Waals surface area contributed by atoms with E-state index in [2.05, 4.69) is 28.2 Å². The number of H-pyrrole nitrogens is 1. The van der Waals surface area contributed by atoms with Gasteiger partial charge in [0.2, 0.25) is 5.91 Å². The molecule has 158 valence electrons. The fourth-order valence-corrected chi connectivity index (χ4v) is 4.91. The Labute approximate surface area is 185 Å². The van der Waals surface area contributed by atoms with Gasteiger partial charge in [-0.15, -0.1) is 0 Å². The van der Waals surface area contributed by atoms with Crippen LogP contribution in [0.4, 0.5) is 0 Å². The maximum atomic E-state index is 13.6. The molecule has 0 saturated carbocycles. The van der Waals surface area contributed by atoms with Crippen molar-refractivity contribution in [1.29, 1.82) is 0 Å². The first-order valence-corrected chi connectivity index (χ1v) is 10.9. The number of hydrogen-bond donors (Lipinski definition) is 1. The number of amides is 1. The second-order valence-electron chi connectivity index (χ2n) is 8.37. The quantitative estimate of drug-likeness (QED) is 0.470. The number of rotatable bonds is 3. The molecule has 1 amide bonds. The van der Waals surface area contributed by atoms with Crippen LogP contribution in [0.25, 0.3) is 21.9 Å². The summed E-state index contributed by atoms with van der Waals surface area (Å²) in [6.45, 7) is 2.89. The zero-order chi connectivity index (χ0) is 21.7. The highest BCUT2D eigenvalue weighted by molar-refractivity contribution is 5.87. The third-order valence-electron chi connectivity index (χ3n) is 6.38. The lowest BCUT2D eigenvalue weighted by atomic mass is 9.94. The highest BCUT2D eigenvalue weighted by Gasteiger charge is 2.35. The molecule has 5 aromatic rings. The predicted molar refractivity (Wildman–Crippen MR) is 124 cm³/mol. The summed E-state index contributed by atoms with van der Waals surface area (Å²) in [6.07, 6.45) is 2.57. The Bertz CT molecular complexity index is 1460. The zero-order valence-corrected chi connectivity index (χ0v) is 17.8. The van der Waals surface area contributed by atoms with Crippen molar-refractivity contribution in [3.63, 3.8) is 0 Å². The van der Waals surface area contributed by atoms with Crippen molar-refractivity contribution in [2.75, 3.05) is 6.54 Å². The topological polar surface area (TPSA) is 66.8 Å². The predicted octanol–water partition coefficient (Wildman–Crippen LogP) is 4.40. The monoisotopic (exact) mass is 421 g/mol. The maximum absolute atomic E-state index is 13.6. The molecule has 4 heterocycles. The van der Waals surface area contributed by atoms with Gasteiger partial charge in [0.15, 0.2) is 0 Å². The SMILES string of the molecule is Cc1cccc([C@H]2c3[nH]c4ccccc4c3CCN2C(=O)Cn2cnc3ccccc32)n1. The van der Waals surface area contributed by atoms with E-state index in [-0.39, 0.29) is 18.5 Å². The van der Waals surface area contributed by atoms with Crippen LogP contribution in [0.1, 0.15) is 28.7 Å². The van der Waals surface area contributed by atoms with E-state index in [1.54, 1.807) is 6.33 Å². The number of nitrogens with zero attached hydrogens (tertiary/aromatic N) is 4. The molecular weight excluding hydrogens is 398 g/mol. The van der Waals surface area contributed by atoms with Crippen LogP contribution >= 0.6 is 0 Å². The molecule has 0 spiro atoms. The van der Waals surface area contributed by atoms with Crippen molar-refractivity contribution in [3.8, 4) is 0 Å². The minimum atomic E-state index is -0.242. The summed E-state index contributed by atoms with van der Waals surface area (Å²) in [5, 5.41) is 1.23. The molecule has 2 aromatic carbocycles. The highest BCUT2D eigenvalue weighted by atomic mass is 16.2. The second-order valence-corrected chi connectivity index (χ2v) is 8.37. The number of benzene rings is 2. The van der Waals surface area contributed by atoms with Gasteiger partial charge in [-0.3, -0.25) is 9.78 Å². The number of fused-ring (bicyclic) bond motifs is 4. The number of aromatic amines is 1. The van der Waals surface area contributed by atoms with E-state index in [9.17, 15) is 4.79 Å². The second kappa shape index (κ2) is 7.34. The van der Waals surface area contributed by atoms with Gasteiger partial charge in [0, 0.05) is 28.8 Å². The minimum Gasteiger partial charge on any atom is -0.356 e.